The second-order valence-corrected chi connectivity index (χ2v) is 5.99. The number of hydrogen-bond acceptors (Lipinski definition) is 2. The van der Waals surface area contributed by atoms with E-state index in [1.54, 1.807) is 0 Å². The molecule has 1 aromatic heterocycles. The van der Waals surface area contributed by atoms with E-state index in [2.05, 4.69) is 50.7 Å². The number of rotatable bonds is 1. The van der Waals surface area contributed by atoms with E-state index in [1.165, 1.54) is 12.1 Å². The van der Waals surface area contributed by atoms with Crippen LogP contribution >= 0.6 is 0 Å². The van der Waals surface area contributed by atoms with Gasteiger partial charge >= 0.3 is 0 Å². The molecule has 0 aromatic carbocycles. The fourth-order valence-corrected chi connectivity index (χ4v) is 2.28. The second kappa shape index (κ2) is 3.79. The van der Waals surface area contributed by atoms with Crippen LogP contribution in [0.25, 0.3) is 0 Å². The van der Waals surface area contributed by atoms with Gasteiger partial charge < -0.3 is 9.88 Å². The van der Waals surface area contributed by atoms with Crippen LogP contribution in [0.15, 0.2) is 6.20 Å². The van der Waals surface area contributed by atoms with Crippen molar-refractivity contribution in [2.45, 2.75) is 59.0 Å². The highest BCUT2D eigenvalue weighted by atomic mass is 15.2. The van der Waals surface area contributed by atoms with Gasteiger partial charge in [-0.05, 0) is 12.3 Å². The molecule has 3 nitrogen and oxygen atoms in total. The molecule has 1 aliphatic rings. The third kappa shape index (κ3) is 1.95. The molecule has 1 aromatic rings. The summed E-state index contributed by atoms with van der Waals surface area (Å²) in [7, 11) is 0. The SMILES string of the molecule is CCC1Nc2nc(C(C)(C)C)cn2CC1C. The van der Waals surface area contributed by atoms with Gasteiger partial charge in [-0.3, -0.25) is 0 Å². The van der Waals surface area contributed by atoms with Gasteiger partial charge in [0.15, 0.2) is 0 Å². The fraction of sp³-hybridized carbons (Fsp3) is 0.769. The molecule has 0 radical (unpaired) electrons. The largest absolute Gasteiger partial charge is 0.353 e. The van der Waals surface area contributed by atoms with Crippen molar-refractivity contribution in [3.05, 3.63) is 11.9 Å². The van der Waals surface area contributed by atoms with Crippen molar-refractivity contribution in [2.75, 3.05) is 5.32 Å². The second-order valence-electron chi connectivity index (χ2n) is 5.99. The molecule has 16 heavy (non-hydrogen) atoms. The molecule has 1 aliphatic heterocycles. The van der Waals surface area contributed by atoms with E-state index in [0.717, 1.165) is 12.5 Å². The van der Waals surface area contributed by atoms with E-state index in [0.29, 0.717) is 12.0 Å². The smallest absolute Gasteiger partial charge is 0.203 e. The first-order valence-corrected chi connectivity index (χ1v) is 6.26. The molecule has 0 aliphatic carbocycles. The summed E-state index contributed by atoms with van der Waals surface area (Å²) in [4.78, 5) is 4.71. The van der Waals surface area contributed by atoms with Gasteiger partial charge in [0.2, 0.25) is 5.95 Å². The lowest BCUT2D eigenvalue weighted by Crippen LogP contribution is -2.35. The van der Waals surface area contributed by atoms with Gasteiger partial charge in [-0.25, -0.2) is 4.98 Å². The number of nitrogens with one attached hydrogen (secondary N) is 1. The molecule has 90 valence electrons. The van der Waals surface area contributed by atoms with Crippen molar-refractivity contribution < 1.29 is 0 Å². The highest BCUT2D eigenvalue weighted by Crippen LogP contribution is 2.28. The van der Waals surface area contributed by atoms with Gasteiger partial charge in [-0.2, -0.15) is 0 Å². The van der Waals surface area contributed by atoms with Gasteiger partial charge in [0.25, 0.3) is 0 Å². The Morgan fingerprint density at radius 1 is 1.50 bits per heavy atom. The number of hydrogen-bond donors (Lipinski definition) is 1. The lowest BCUT2D eigenvalue weighted by atomic mass is 9.93. The highest BCUT2D eigenvalue weighted by Gasteiger charge is 2.27. The van der Waals surface area contributed by atoms with E-state index < -0.39 is 0 Å². The van der Waals surface area contributed by atoms with Crippen LogP contribution in [0.2, 0.25) is 0 Å². The van der Waals surface area contributed by atoms with Gasteiger partial charge in [0, 0.05) is 24.2 Å². The maximum absolute atomic E-state index is 4.71. The summed E-state index contributed by atoms with van der Waals surface area (Å²) in [5, 5.41) is 3.54. The average molecular weight is 221 g/mol. The molecule has 2 atom stereocenters. The minimum atomic E-state index is 0.136. The first-order chi connectivity index (χ1) is 7.41. The summed E-state index contributed by atoms with van der Waals surface area (Å²) < 4.78 is 2.26. The molecule has 2 heterocycles. The lowest BCUT2D eigenvalue weighted by Gasteiger charge is -2.30. The summed E-state index contributed by atoms with van der Waals surface area (Å²) >= 11 is 0. The molecular formula is C13H23N3. The van der Waals surface area contributed by atoms with E-state index >= 15 is 0 Å². The Balaban J connectivity index is 2.29. The zero-order valence-corrected chi connectivity index (χ0v) is 11.0. The molecule has 3 heteroatoms. The predicted molar refractivity (Wildman–Crippen MR) is 67.8 cm³/mol. The number of aromatic nitrogens is 2. The summed E-state index contributed by atoms with van der Waals surface area (Å²) in [5.74, 6) is 1.73. The average Bonchev–Trinajstić information content (AvgIpc) is 2.58. The van der Waals surface area contributed by atoms with Crippen molar-refractivity contribution >= 4 is 5.95 Å². The van der Waals surface area contributed by atoms with Crippen LogP contribution in [0.5, 0.6) is 0 Å². The summed E-state index contributed by atoms with van der Waals surface area (Å²) in [6, 6.07) is 0.572. The van der Waals surface area contributed by atoms with E-state index in [9.17, 15) is 0 Å². The number of fused-ring (bicyclic) bond motifs is 1. The molecule has 0 amide bonds. The van der Waals surface area contributed by atoms with E-state index in [4.69, 9.17) is 4.98 Å². The lowest BCUT2D eigenvalue weighted by molar-refractivity contribution is 0.381. The predicted octanol–water partition coefficient (Wildman–Crippen LogP) is 3.02. The van der Waals surface area contributed by atoms with Crippen LogP contribution in [0.4, 0.5) is 5.95 Å². The first-order valence-electron chi connectivity index (χ1n) is 6.26. The molecule has 0 fully saturated rings. The standard InChI is InChI=1S/C13H23N3/c1-6-10-9(2)7-16-8-11(13(3,4)5)15-12(16)14-10/h8-10H,6-7H2,1-5H3,(H,14,15). The molecule has 1 N–H and O–H groups in total. The van der Waals surface area contributed by atoms with Crippen molar-refractivity contribution in [1.29, 1.82) is 0 Å². The minimum absolute atomic E-state index is 0.136. The van der Waals surface area contributed by atoms with Gasteiger partial charge in [-0.1, -0.05) is 34.6 Å². The Kier molecular flexibility index (Phi) is 2.72. The maximum Gasteiger partial charge on any atom is 0.203 e. The number of nitrogens with zero attached hydrogens (tertiary/aromatic N) is 2. The van der Waals surface area contributed by atoms with Crippen molar-refractivity contribution in [1.82, 2.24) is 9.55 Å². The molecule has 0 saturated carbocycles. The van der Waals surface area contributed by atoms with Crippen molar-refractivity contribution in [2.24, 2.45) is 5.92 Å². The Morgan fingerprint density at radius 3 is 2.75 bits per heavy atom. The normalized spacial score (nSPS) is 25.1. The Labute approximate surface area is 98.3 Å². The van der Waals surface area contributed by atoms with Crippen LogP contribution in [-0.2, 0) is 12.0 Å². The topological polar surface area (TPSA) is 29.9 Å². The molecule has 0 bridgehead atoms. The quantitative estimate of drug-likeness (QED) is 0.790. The third-order valence-corrected chi connectivity index (χ3v) is 3.47. The van der Waals surface area contributed by atoms with Crippen LogP contribution < -0.4 is 5.32 Å². The molecule has 0 spiro atoms. The summed E-state index contributed by atoms with van der Waals surface area (Å²) in [6.07, 6.45) is 3.36. The van der Waals surface area contributed by atoms with Gasteiger partial charge in [0.1, 0.15) is 0 Å². The fourth-order valence-electron chi connectivity index (χ4n) is 2.28. The van der Waals surface area contributed by atoms with Crippen LogP contribution in [0.3, 0.4) is 0 Å². The van der Waals surface area contributed by atoms with Gasteiger partial charge in [-0.15, -0.1) is 0 Å². The Morgan fingerprint density at radius 2 is 2.19 bits per heavy atom. The molecule has 0 saturated heterocycles. The minimum Gasteiger partial charge on any atom is -0.353 e. The van der Waals surface area contributed by atoms with Crippen LogP contribution in [-0.4, -0.2) is 15.6 Å². The molecule has 2 unspecified atom stereocenters. The highest BCUT2D eigenvalue weighted by molar-refractivity contribution is 5.34. The van der Waals surface area contributed by atoms with Crippen molar-refractivity contribution in [3.63, 3.8) is 0 Å². The van der Waals surface area contributed by atoms with Gasteiger partial charge in [0.05, 0.1) is 5.69 Å². The van der Waals surface area contributed by atoms with E-state index in [-0.39, 0.29) is 5.41 Å². The Bertz CT molecular complexity index is 373. The Hall–Kier alpha value is -0.990. The van der Waals surface area contributed by atoms with Crippen molar-refractivity contribution in [3.8, 4) is 0 Å². The maximum atomic E-state index is 4.71. The first kappa shape index (κ1) is 11.5. The summed E-state index contributed by atoms with van der Waals surface area (Å²) in [5.41, 5.74) is 1.32. The van der Waals surface area contributed by atoms with Crippen LogP contribution in [0.1, 0.15) is 46.7 Å². The molecule has 2 rings (SSSR count). The van der Waals surface area contributed by atoms with E-state index in [1.807, 2.05) is 0 Å². The number of anilines is 1. The zero-order valence-electron chi connectivity index (χ0n) is 11.0. The zero-order chi connectivity index (χ0) is 11.9. The monoisotopic (exact) mass is 221 g/mol. The third-order valence-electron chi connectivity index (χ3n) is 3.47. The van der Waals surface area contributed by atoms with Crippen LogP contribution in [0, 0.1) is 5.92 Å². The molecular weight excluding hydrogens is 198 g/mol. The summed E-state index contributed by atoms with van der Waals surface area (Å²) in [6.45, 7) is 12.3. The number of imidazole rings is 1.